The van der Waals surface area contributed by atoms with Crippen molar-refractivity contribution in [2.45, 2.75) is 25.4 Å². The number of halogens is 1. The molecule has 0 saturated heterocycles. The number of fused-ring (bicyclic) bond motifs is 1. The van der Waals surface area contributed by atoms with Crippen molar-refractivity contribution in [3.63, 3.8) is 0 Å². The number of hydrogen-bond donors (Lipinski definition) is 1. The second-order valence-electron chi connectivity index (χ2n) is 6.91. The van der Waals surface area contributed by atoms with Gasteiger partial charge in [-0.2, -0.15) is 5.26 Å². The lowest BCUT2D eigenvalue weighted by Crippen LogP contribution is -2.18. The zero-order chi connectivity index (χ0) is 22.0. The third-order valence-corrected chi connectivity index (χ3v) is 7.03. The molecule has 1 N–H and O–H groups in total. The minimum absolute atomic E-state index is 0.148. The van der Waals surface area contributed by atoms with Gasteiger partial charge in [0.05, 0.1) is 21.5 Å². The number of carbonyl (C=O) groups is 1. The number of thioether (sulfide) groups is 1. The molecule has 0 aliphatic rings. The van der Waals surface area contributed by atoms with Crippen LogP contribution in [0.25, 0.3) is 10.2 Å². The fourth-order valence-corrected chi connectivity index (χ4v) is 5.02. The van der Waals surface area contributed by atoms with Crippen molar-refractivity contribution in [2.24, 2.45) is 0 Å². The lowest BCUT2D eigenvalue weighted by atomic mass is 10.2. The topological polar surface area (TPSA) is 83.6 Å². The zero-order valence-corrected chi connectivity index (χ0v) is 18.5. The van der Waals surface area contributed by atoms with Gasteiger partial charge in [-0.05, 0) is 48.6 Å². The van der Waals surface area contributed by atoms with E-state index < -0.39 is 0 Å². The molecule has 31 heavy (non-hydrogen) atoms. The number of rotatable bonds is 6. The molecule has 0 atom stereocenters. The maximum atomic E-state index is 13.3. The molecule has 0 aliphatic heterocycles. The van der Waals surface area contributed by atoms with Crippen LogP contribution in [0.3, 0.4) is 0 Å². The summed E-state index contributed by atoms with van der Waals surface area (Å²) in [6, 6.07) is 10.3. The monoisotopic (exact) mass is 451 g/mol. The summed E-state index contributed by atoms with van der Waals surface area (Å²) in [5, 5.41) is 15.3. The van der Waals surface area contributed by atoms with Gasteiger partial charge in [-0.3, -0.25) is 4.79 Å². The number of benzene rings is 1. The molecule has 4 aromatic rings. The van der Waals surface area contributed by atoms with Crippen LogP contribution in [-0.4, -0.2) is 26.2 Å². The van der Waals surface area contributed by atoms with E-state index in [1.807, 2.05) is 29.9 Å². The van der Waals surface area contributed by atoms with Crippen LogP contribution in [0.4, 0.5) is 10.2 Å². The third-order valence-electron chi connectivity index (χ3n) is 5.00. The molecule has 0 saturated carbocycles. The highest BCUT2D eigenvalue weighted by atomic mass is 32.2. The number of nitriles is 1. The van der Waals surface area contributed by atoms with E-state index in [0.717, 1.165) is 32.1 Å². The van der Waals surface area contributed by atoms with Crippen LogP contribution in [0.5, 0.6) is 0 Å². The third kappa shape index (κ3) is 4.31. The summed E-state index contributed by atoms with van der Waals surface area (Å²) in [6.45, 7) is 4.17. The van der Waals surface area contributed by atoms with E-state index in [0.29, 0.717) is 17.9 Å². The Morgan fingerprint density at radius 1 is 1.26 bits per heavy atom. The smallest absolute Gasteiger partial charge is 0.235 e. The van der Waals surface area contributed by atoms with Crippen LogP contribution in [0.1, 0.15) is 22.4 Å². The minimum atomic E-state index is -0.308. The molecule has 1 aromatic carbocycles. The number of anilines is 1. The Kier molecular flexibility index (Phi) is 6.02. The molecule has 1 amide bonds. The first-order valence-corrected chi connectivity index (χ1v) is 11.3. The highest BCUT2D eigenvalue weighted by molar-refractivity contribution is 8.00. The van der Waals surface area contributed by atoms with Gasteiger partial charge < -0.3 is 9.88 Å². The number of aromatic nitrogens is 3. The molecule has 0 aliphatic carbocycles. The largest absolute Gasteiger partial charge is 0.326 e. The molecule has 3 heterocycles. The Bertz CT molecular complexity index is 1300. The Morgan fingerprint density at radius 3 is 2.77 bits per heavy atom. The predicted molar refractivity (Wildman–Crippen MR) is 121 cm³/mol. The van der Waals surface area contributed by atoms with Gasteiger partial charge >= 0.3 is 0 Å². The van der Waals surface area contributed by atoms with Crippen LogP contribution in [0.15, 0.2) is 47.1 Å². The maximum Gasteiger partial charge on any atom is 0.235 e. The van der Waals surface area contributed by atoms with Crippen molar-refractivity contribution in [3.05, 3.63) is 70.2 Å². The molecule has 6 nitrogen and oxygen atoms in total. The van der Waals surface area contributed by atoms with E-state index in [4.69, 9.17) is 0 Å². The Labute approximate surface area is 186 Å². The zero-order valence-electron chi connectivity index (χ0n) is 16.8. The average Bonchev–Trinajstić information content (AvgIpc) is 3.33. The molecular formula is C22H18FN5OS2. The molecule has 3 aromatic heterocycles. The summed E-state index contributed by atoms with van der Waals surface area (Å²) < 4.78 is 16.1. The van der Waals surface area contributed by atoms with Crippen molar-refractivity contribution in [1.29, 1.82) is 5.26 Å². The van der Waals surface area contributed by atoms with Crippen molar-refractivity contribution < 1.29 is 9.18 Å². The second-order valence-corrected chi connectivity index (χ2v) is 8.79. The number of amides is 1. The highest BCUT2D eigenvalue weighted by Crippen LogP contribution is 2.30. The first kappa shape index (κ1) is 21.0. The van der Waals surface area contributed by atoms with E-state index >= 15 is 0 Å². The van der Waals surface area contributed by atoms with Crippen molar-refractivity contribution in [1.82, 2.24) is 14.5 Å². The van der Waals surface area contributed by atoms with E-state index in [9.17, 15) is 14.4 Å². The fourth-order valence-electron chi connectivity index (χ4n) is 3.27. The van der Waals surface area contributed by atoms with Crippen molar-refractivity contribution in [2.75, 3.05) is 11.1 Å². The number of nitrogens with one attached hydrogen (secondary N) is 1. The summed E-state index contributed by atoms with van der Waals surface area (Å²) >= 11 is 2.87. The molecule has 156 valence electrons. The Hall–Kier alpha value is -3.22. The van der Waals surface area contributed by atoms with Crippen LogP contribution in [0, 0.1) is 31.0 Å². The standard InChI is InChI=1S/C22H18FN5OS2/c1-13-14(2)28(10-15-3-5-16(23)6-4-15)21(17(13)9-24)27-19(29)11-31-22-20-18(7-8-30-20)25-12-26-22/h3-8,12H,10-11H2,1-2H3,(H,27,29). The first-order chi connectivity index (χ1) is 15.0. The quantitative estimate of drug-likeness (QED) is 0.333. The van der Waals surface area contributed by atoms with Crippen LogP contribution >= 0.6 is 23.1 Å². The summed E-state index contributed by atoms with van der Waals surface area (Å²) in [6.07, 6.45) is 1.49. The van der Waals surface area contributed by atoms with Gasteiger partial charge in [0.15, 0.2) is 0 Å². The highest BCUT2D eigenvalue weighted by Gasteiger charge is 2.20. The minimum Gasteiger partial charge on any atom is -0.326 e. The molecule has 9 heteroatoms. The van der Waals surface area contributed by atoms with Crippen molar-refractivity contribution in [3.8, 4) is 6.07 Å². The van der Waals surface area contributed by atoms with Crippen LogP contribution < -0.4 is 5.32 Å². The van der Waals surface area contributed by atoms with Gasteiger partial charge in [0.2, 0.25) is 5.91 Å². The number of thiophene rings is 1. The van der Waals surface area contributed by atoms with Gasteiger partial charge in [0.1, 0.15) is 29.1 Å². The van der Waals surface area contributed by atoms with Gasteiger partial charge in [-0.15, -0.1) is 11.3 Å². The Morgan fingerprint density at radius 2 is 2.03 bits per heavy atom. The van der Waals surface area contributed by atoms with E-state index in [1.165, 1.54) is 41.6 Å². The normalized spacial score (nSPS) is 10.9. The molecule has 0 spiro atoms. The van der Waals surface area contributed by atoms with Crippen molar-refractivity contribution >= 4 is 45.0 Å². The summed E-state index contributed by atoms with van der Waals surface area (Å²) in [5.41, 5.74) is 3.84. The lowest BCUT2D eigenvalue weighted by Gasteiger charge is -2.13. The first-order valence-electron chi connectivity index (χ1n) is 9.43. The molecule has 0 unspecified atom stereocenters. The number of carbonyl (C=O) groups excluding carboxylic acids is 1. The summed E-state index contributed by atoms with van der Waals surface area (Å²) in [5.74, 6) is 0.0605. The van der Waals surface area contributed by atoms with E-state index in [1.54, 1.807) is 12.1 Å². The van der Waals surface area contributed by atoms with Crippen LogP contribution in [0.2, 0.25) is 0 Å². The van der Waals surface area contributed by atoms with Gasteiger partial charge in [0.25, 0.3) is 0 Å². The van der Waals surface area contributed by atoms with Gasteiger partial charge in [-0.1, -0.05) is 23.9 Å². The maximum absolute atomic E-state index is 13.3. The summed E-state index contributed by atoms with van der Waals surface area (Å²) in [7, 11) is 0. The molecular weight excluding hydrogens is 433 g/mol. The number of hydrogen-bond acceptors (Lipinski definition) is 6. The predicted octanol–water partition coefficient (Wildman–Crippen LogP) is 4.90. The summed E-state index contributed by atoms with van der Waals surface area (Å²) in [4.78, 5) is 21.2. The lowest BCUT2D eigenvalue weighted by molar-refractivity contribution is -0.113. The molecule has 0 bridgehead atoms. The molecule has 4 rings (SSSR count). The van der Waals surface area contributed by atoms with Crippen LogP contribution in [-0.2, 0) is 11.3 Å². The van der Waals surface area contributed by atoms with E-state index in [2.05, 4.69) is 21.4 Å². The molecule has 0 radical (unpaired) electrons. The number of nitrogens with zero attached hydrogens (tertiary/aromatic N) is 4. The fraction of sp³-hybridized carbons (Fsp3) is 0.182. The Balaban J connectivity index is 1.56. The van der Waals surface area contributed by atoms with Gasteiger partial charge in [-0.25, -0.2) is 14.4 Å². The molecule has 0 fully saturated rings. The van der Waals surface area contributed by atoms with E-state index in [-0.39, 0.29) is 17.5 Å². The second kappa shape index (κ2) is 8.88. The van der Waals surface area contributed by atoms with Gasteiger partial charge in [0, 0.05) is 12.2 Å². The SMILES string of the molecule is Cc1c(C#N)c(NC(=O)CSc2ncnc3ccsc23)n(Cc2ccc(F)cc2)c1C. The average molecular weight is 452 g/mol.